The molecule has 2 aromatic carbocycles. The highest BCUT2D eigenvalue weighted by atomic mass is 32.1. The number of fused-ring (bicyclic) bond motifs is 1. The summed E-state index contributed by atoms with van der Waals surface area (Å²) in [5.41, 5.74) is 3.69. The molecule has 2 aliphatic rings. The predicted octanol–water partition coefficient (Wildman–Crippen LogP) is 4.82. The molecule has 52 heavy (non-hydrogen) atoms. The highest BCUT2D eigenvalue weighted by Gasteiger charge is 2.17. The number of benzene rings is 2. The molecule has 0 amide bonds. The average Bonchev–Trinajstić information content (AvgIpc) is 3.92. The third kappa shape index (κ3) is 12.2. The number of methoxy groups -OCH3 is 1. The lowest BCUT2D eigenvalue weighted by Gasteiger charge is -2.15. The minimum absolute atomic E-state index is 0.686. The summed E-state index contributed by atoms with van der Waals surface area (Å²) >= 11 is 1.82. The Morgan fingerprint density at radius 3 is 1.75 bits per heavy atom. The van der Waals surface area contributed by atoms with E-state index in [9.17, 15) is 0 Å². The molecule has 4 N–H and O–H groups in total. The lowest BCUT2D eigenvalue weighted by Crippen LogP contribution is -2.25. The van der Waals surface area contributed by atoms with Gasteiger partial charge in [0, 0.05) is 41.4 Å². The largest absolute Gasteiger partial charge is 0.497 e. The van der Waals surface area contributed by atoms with E-state index in [0.29, 0.717) is 12.5 Å². The van der Waals surface area contributed by atoms with E-state index in [4.69, 9.17) is 53.8 Å². The number of likely N-dealkylation sites (tertiary alicyclic amines) is 2. The van der Waals surface area contributed by atoms with Gasteiger partial charge in [0.05, 0.1) is 7.11 Å². The summed E-state index contributed by atoms with van der Waals surface area (Å²) in [6, 6.07) is 19.1. The van der Waals surface area contributed by atoms with Crippen LogP contribution in [-0.2, 0) is 25.6 Å². The van der Waals surface area contributed by atoms with Crippen molar-refractivity contribution in [3.05, 3.63) is 71.9 Å². The Morgan fingerprint density at radius 2 is 1.25 bits per heavy atom. The Morgan fingerprint density at radius 1 is 0.712 bits per heavy atom. The minimum Gasteiger partial charge on any atom is -0.497 e. The van der Waals surface area contributed by atoms with E-state index in [1.807, 2.05) is 23.6 Å². The summed E-state index contributed by atoms with van der Waals surface area (Å²) in [6.45, 7) is 8.17. The number of hydrogen-bond acceptors (Lipinski definition) is 11. The van der Waals surface area contributed by atoms with Gasteiger partial charge in [-0.1, -0.05) is 6.07 Å². The molecule has 15 heteroatoms. The molecule has 6 rings (SSSR count). The SMILES string of the molecule is COc1ccc2c(Cc3ccc(OCCN4CCCC4)nc3)c(-c3ccc(OCCN4CCCC4)cc3)sc2c1.O=C(O)C(=O)O.O=C(O)C(=O)O. The van der Waals surface area contributed by atoms with Crippen LogP contribution in [0.5, 0.6) is 17.4 Å². The fraction of sp³-hybridized carbons (Fsp3) is 0.378. The maximum Gasteiger partial charge on any atom is 0.414 e. The Labute approximate surface area is 304 Å². The van der Waals surface area contributed by atoms with Crippen LogP contribution < -0.4 is 14.2 Å². The number of rotatable bonds is 12. The van der Waals surface area contributed by atoms with Crippen LogP contribution in [0.1, 0.15) is 36.8 Å². The van der Waals surface area contributed by atoms with Crippen LogP contribution in [0.4, 0.5) is 0 Å². The van der Waals surface area contributed by atoms with Crippen LogP contribution in [0.3, 0.4) is 0 Å². The number of nitrogens with zero attached hydrogens (tertiary/aromatic N) is 3. The molecule has 0 unspecified atom stereocenters. The molecular formula is C37H43N3O11S. The number of hydrogen-bond donors (Lipinski definition) is 4. The molecule has 0 atom stereocenters. The van der Waals surface area contributed by atoms with E-state index in [2.05, 4.69) is 63.3 Å². The fourth-order valence-corrected chi connectivity index (χ4v) is 7.01. The highest BCUT2D eigenvalue weighted by Crippen LogP contribution is 2.41. The van der Waals surface area contributed by atoms with Gasteiger partial charge in [0.15, 0.2) is 0 Å². The number of thiophene rings is 1. The van der Waals surface area contributed by atoms with Crippen molar-refractivity contribution in [2.75, 3.05) is 59.6 Å². The van der Waals surface area contributed by atoms with Gasteiger partial charge in [-0.3, -0.25) is 9.80 Å². The topological polar surface area (TPSA) is 196 Å². The summed E-state index contributed by atoms with van der Waals surface area (Å²) in [4.78, 5) is 47.2. The van der Waals surface area contributed by atoms with Gasteiger partial charge in [0.2, 0.25) is 5.88 Å². The normalized spacial score (nSPS) is 14.1. The first-order chi connectivity index (χ1) is 25.0. The van der Waals surface area contributed by atoms with Gasteiger partial charge < -0.3 is 34.6 Å². The Hall–Kier alpha value is -5.25. The molecule has 2 fully saturated rings. The zero-order valence-electron chi connectivity index (χ0n) is 28.9. The molecule has 2 aromatic heterocycles. The van der Waals surface area contributed by atoms with E-state index in [0.717, 1.165) is 37.6 Å². The van der Waals surface area contributed by atoms with Gasteiger partial charge in [-0.05, 0) is 116 Å². The molecule has 0 radical (unpaired) electrons. The van der Waals surface area contributed by atoms with Gasteiger partial charge in [0.1, 0.15) is 24.7 Å². The van der Waals surface area contributed by atoms with E-state index in [1.165, 1.54) is 83.5 Å². The maximum atomic E-state index is 9.10. The summed E-state index contributed by atoms with van der Waals surface area (Å²) in [5.74, 6) is -4.79. The summed E-state index contributed by atoms with van der Waals surface area (Å²) in [7, 11) is 1.72. The zero-order chi connectivity index (χ0) is 37.5. The first-order valence-corrected chi connectivity index (χ1v) is 17.6. The molecule has 0 spiro atoms. The second kappa shape index (κ2) is 20.0. The van der Waals surface area contributed by atoms with Crippen LogP contribution in [0.25, 0.3) is 20.5 Å². The van der Waals surface area contributed by atoms with Crippen LogP contribution in [0, 0.1) is 0 Å². The number of aliphatic carboxylic acids is 4. The number of carbonyl (C=O) groups is 4. The average molecular weight is 738 g/mol. The van der Waals surface area contributed by atoms with Crippen LogP contribution >= 0.6 is 11.3 Å². The quantitative estimate of drug-likeness (QED) is 0.144. The second-order valence-electron chi connectivity index (χ2n) is 12.0. The summed E-state index contributed by atoms with van der Waals surface area (Å²) in [6.07, 6.45) is 7.98. The Kier molecular flexibility index (Phi) is 15.2. The van der Waals surface area contributed by atoms with Gasteiger partial charge in [-0.2, -0.15) is 0 Å². The van der Waals surface area contributed by atoms with Crippen molar-refractivity contribution < 1.29 is 53.8 Å². The van der Waals surface area contributed by atoms with E-state index in [1.54, 1.807) is 7.11 Å². The van der Waals surface area contributed by atoms with Gasteiger partial charge in [-0.15, -0.1) is 11.3 Å². The van der Waals surface area contributed by atoms with Gasteiger partial charge >= 0.3 is 23.9 Å². The molecule has 2 aliphatic heterocycles. The molecule has 14 nitrogen and oxygen atoms in total. The second-order valence-corrected chi connectivity index (χ2v) is 13.0. The standard InChI is InChI=1S/C33H39N3O3S.2C2H2O4/c1-37-28-11-12-29-30(22-25-6-13-32(34-24-25)39-21-19-36-16-4-5-17-36)33(40-31(29)23-28)26-7-9-27(10-8-26)38-20-18-35-14-2-3-15-35;2*3-1(4)2(5)6/h6-13,23-24H,2-5,14-22H2,1H3;2*(H,3,4)(H,5,6). The van der Waals surface area contributed by atoms with Crippen LogP contribution in [-0.4, -0.2) is 119 Å². The summed E-state index contributed by atoms with van der Waals surface area (Å²) in [5, 5.41) is 30.8. The first-order valence-electron chi connectivity index (χ1n) is 16.8. The van der Waals surface area contributed by atoms with E-state index < -0.39 is 23.9 Å². The van der Waals surface area contributed by atoms with Crippen molar-refractivity contribution >= 4 is 45.3 Å². The van der Waals surface area contributed by atoms with Crippen LogP contribution in [0.15, 0.2) is 60.8 Å². The number of pyridine rings is 1. The van der Waals surface area contributed by atoms with Crippen molar-refractivity contribution in [1.29, 1.82) is 0 Å². The monoisotopic (exact) mass is 737 g/mol. The molecule has 4 heterocycles. The number of carboxylic acids is 4. The Balaban J connectivity index is 0.000000436. The Bertz CT molecular complexity index is 1740. The fourth-order valence-electron chi connectivity index (χ4n) is 5.76. The van der Waals surface area contributed by atoms with E-state index in [-0.39, 0.29) is 0 Å². The minimum atomic E-state index is -1.82. The van der Waals surface area contributed by atoms with Crippen molar-refractivity contribution in [3.8, 4) is 27.8 Å². The smallest absolute Gasteiger partial charge is 0.414 e. The predicted molar refractivity (Wildman–Crippen MR) is 194 cm³/mol. The molecule has 0 aliphatic carbocycles. The van der Waals surface area contributed by atoms with Crippen LogP contribution in [0.2, 0.25) is 0 Å². The van der Waals surface area contributed by atoms with Gasteiger partial charge in [0.25, 0.3) is 0 Å². The zero-order valence-corrected chi connectivity index (χ0v) is 29.7. The molecule has 0 bridgehead atoms. The number of ether oxygens (including phenoxy) is 3. The molecule has 278 valence electrons. The van der Waals surface area contributed by atoms with Crippen molar-refractivity contribution in [2.45, 2.75) is 32.1 Å². The molecule has 4 aromatic rings. The lowest BCUT2D eigenvalue weighted by molar-refractivity contribution is -0.159. The van der Waals surface area contributed by atoms with Crippen molar-refractivity contribution in [3.63, 3.8) is 0 Å². The lowest BCUT2D eigenvalue weighted by atomic mass is 9.99. The molecular weight excluding hydrogens is 694 g/mol. The third-order valence-electron chi connectivity index (χ3n) is 8.39. The maximum absolute atomic E-state index is 9.10. The highest BCUT2D eigenvalue weighted by molar-refractivity contribution is 7.22. The number of aromatic nitrogens is 1. The number of carboxylic acid groups (broad SMARTS) is 4. The van der Waals surface area contributed by atoms with Gasteiger partial charge in [-0.25, -0.2) is 24.2 Å². The summed E-state index contributed by atoms with van der Waals surface area (Å²) < 4.78 is 18.8. The molecule has 0 saturated carbocycles. The molecule has 2 saturated heterocycles. The third-order valence-corrected chi connectivity index (χ3v) is 9.64. The van der Waals surface area contributed by atoms with Crippen molar-refractivity contribution in [1.82, 2.24) is 14.8 Å². The van der Waals surface area contributed by atoms with Crippen molar-refractivity contribution in [2.24, 2.45) is 0 Å². The first kappa shape index (κ1) is 39.5. The van der Waals surface area contributed by atoms with E-state index >= 15 is 0 Å².